The summed E-state index contributed by atoms with van der Waals surface area (Å²) in [6.07, 6.45) is 3.62. The molecule has 1 aromatic carbocycles. The number of hydrogen-bond donors (Lipinski definition) is 1. The molecule has 0 bridgehead atoms. The van der Waals surface area contributed by atoms with Gasteiger partial charge in [0.05, 0.1) is 12.2 Å². The molecule has 0 radical (unpaired) electrons. The lowest BCUT2D eigenvalue weighted by Crippen LogP contribution is -2.22. The summed E-state index contributed by atoms with van der Waals surface area (Å²) in [5.41, 5.74) is 0.523. The number of rotatable bonds is 8. The van der Waals surface area contributed by atoms with E-state index in [0.29, 0.717) is 24.5 Å². The SMILES string of the molecule is C=CC(=O)NCCCCOc1ccc(Br)cc1C=O. The summed E-state index contributed by atoms with van der Waals surface area (Å²) in [6, 6.07) is 5.30. The van der Waals surface area contributed by atoms with Crippen LogP contribution in [0.3, 0.4) is 0 Å². The van der Waals surface area contributed by atoms with Gasteiger partial charge in [-0.1, -0.05) is 22.5 Å². The van der Waals surface area contributed by atoms with Crippen molar-refractivity contribution in [1.29, 1.82) is 0 Å². The Labute approximate surface area is 121 Å². The Kier molecular flexibility index (Phi) is 6.89. The van der Waals surface area contributed by atoms with Crippen molar-refractivity contribution in [3.63, 3.8) is 0 Å². The monoisotopic (exact) mass is 325 g/mol. The van der Waals surface area contributed by atoms with Crippen LogP contribution in [0.2, 0.25) is 0 Å². The summed E-state index contributed by atoms with van der Waals surface area (Å²) in [6.45, 7) is 4.47. The van der Waals surface area contributed by atoms with Crippen molar-refractivity contribution in [1.82, 2.24) is 5.32 Å². The van der Waals surface area contributed by atoms with E-state index in [-0.39, 0.29) is 5.91 Å². The molecule has 5 heteroatoms. The van der Waals surface area contributed by atoms with E-state index in [1.165, 1.54) is 6.08 Å². The molecule has 0 atom stereocenters. The zero-order chi connectivity index (χ0) is 14.1. The minimum atomic E-state index is -0.169. The number of amides is 1. The molecule has 1 N–H and O–H groups in total. The lowest BCUT2D eigenvalue weighted by Gasteiger charge is -2.08. The Balaban J connectivity index is 2.28. The summed E-state index contributed by atoms with van der Waals surface area (Å²) >= 11 is 3.30. The molecule has 0 saturated carbocycles. The average Bonchev–Trinajstić information content (AvgIpc) is 2.43. The molecular formula is C14H16BrNO3. The van der Waals surface area contributed by atoms with Crippen LogP contribution in [0.15, 0.2) is 35.3 Å². The molecule has 1 amide bonds. The molecule has 1 rings (SSSR count). The number of halogens is 1. The van der Waals surface area contributed by atoms with E-state index in [4.69, 9.17) is 4.74 Å². The molecule has 0 spiro atoms. The van der Waals surface area contributed by atoms with E-state index in [9.17, 15) is 9.59 Å². The second-order valence-electron chi connectivity index (χ2n) is 3.85. The van der Waals surface area contributed by atoms with Crippen molar-refractivity contribution in [3.8, 4) is 5.75 Å². The standard InChI is InChI=1S/C14H16BrNO3/c1-2-14(18)16-7-3-4-8-19-13-6-5-12(15)9-11(13)10-17/h2,5-6,9-10H,1,3-4,7-8H2,(H,16,18). The van der Waals surface area contributed by atoms with E-state index in [1.54, 1.807) is 12.1 Å². The van der Waals surface area contributed by atoms with Crippen LogP contribution in [0.1, 0.15) is 23.2 Å². The first-order chi connectivity index (χ1) is 9.17. The topological polar surface area (TPSA) is 55.4 Å². The third kappa shape index (κ3) is 5.70. The fraction of sp³-hybridized carbons (Fsp3) is 0.286. The quantitative estimate of drug-likeness (QED) is 0.454. The first-order valence-electron chi connectivity index (χ1n) is 5.95. The summed E-state index contributed by atoms with van der Waals surface area (Å²) < 4.78 is 6.37. The molecular weight excluding hydrogens is 310 g/mol. The van der Waals surface area contributed by atoms with Gasteiger partial charge in [-0.15, -0.1) is 0 Å². The Bertz CT molecular complexity index is 460. The Morgan fingerprint density at radius 3 is 2.89 bits per heavy atom. The molecule has 1 aromatic rings. The van der Waals surface area contributed by atoms with Crippen LogP contribution in [0.5, 0.6) is 5.75 Å². The van der Waals surface area contributed by atoms with Crippen LogP contribution in [0.25, 0.3) is 0 Å². The molecule has 0 aromatic heterocycles. The summed E-state index contributed by atoms with van der Waals surface area (Å²) in [4.78, 5) is 21.7. The van der Waals surface area contributed by atoms with E-state index < -0.39 is 0 Å². The molecule has 102 valence electrons. The lowest BCUT2D eigenvalue weighted by molar-refractivity contribution is -0.116. The third-order valence-corrected chi connectivity index (χ3v) is 2.91. The highest BCUT2D eigenvalue weighted by Gasteiger charge is 2.03. The van der Waals surface area contributed by atoms with E-state index in [2.05, 4.69) is 27.8 Å². The molecule has 0 unspecified atom stereocenters. The van der Waals surface area contributed by atoms with Crippen LogP contribution >= 0.6 is 15.9 Å². The van der Waals surface area contributed by atoms with Gasteiger partial charge in [-0.2, -0.15) is 0 Å². The predicted octanol–water partition coefficient (Wildman–Crippen LogP) is 2.72. The average molecular weight is 326 g/mol. The minimum Gasteiger partial charge on any atom is -0.493 e. The van der Waals surface area contributed by atoms with Crippen molar-refractivity contribution in [2.75, 3.05) is 13.2 Å². The van der Waals surface area contributed by atoms with Crippen molar-refractivity contribution in [2.24, 2.45) is 0 Å². The second kappa shape index (κ2) is 8.48. The molecule has 0 saturated heterocycles. The Morgan fingerprint density at radius 2 is 2.21 bits per heavy atom. The number of aldehydes is 1. The highest BCUT2D eigenvalue weighted by Crippen LogP contribution is 2.21. The molecule has 0 heterocycles. The zero-order valence-electron chi connectivity index (χ0n) is 10.5. The number of carbonyl (C=O) groups excluding carboxylic acids is 2. The van der Waals surface area contributed by atoms with Gasteiger partial charge >= 0.3 is 0 Å². The summed E-state index contributed by atoms with van der Waals surface area (Å²) in [5, 5.41) is 2.69. The van der Waals surface area contributed by atoms with Crippen LogP contribution in [-0.4, -0.2) is 25.3 Å². The van der Waals surface area contributed by atoms with Crippen LogP contribution in [0.4, 0.5) is 0 Å². The van der Waals surface area contributed by atoms with Gasteiger partial charge < -0.3 is 10.1 Å². The number of unbranched alkanes of at least 4 members (excludes halogenated alkanes) is 1. The number of hydrogen-bond acceptors (Lipinski definition) is 3. The van der Waals surface area contributed by atoms with Gasteiger partial charge in [-0.05, 0) is 37.1 Å². The van der Waals surface area contributed by atoms with Gasteiger partial charge in [-0.3, -0.25) is 9.59 Å². The highest BCUT2D eigenvalue weighted by molar-refractivity contribution is 9.10. The Morgan fingerprint density at radius 1 is 1.42 bits per heavy atom. The van der Waals surface area contributed by atoms with Crippen LogP contribution < -0.4 is 10.1 Å². The number of ether oxygens (including phenoxy) is 1. The zero-order valence-corrected chi connectivity index (χ0v) is 12.1. The van der Waals surface area contributed by atoms with Crippen molar-refractivity contribution < 1.29 is 14.3 Å². The van der Waals surface area contributed by atoms with E-state index in [0.717, 1.165) is 23.6 Å². The molecule has 19 heavy (non-hydrogen) atoms. The second-order valence-corrected chi connectivity index (χ2v) is 4.77. The number of nitrogens with one attached hydrogen (secondary N) is 1. The largest absolute Gasteiger partial charge is 0.493 e. The predicted molar refractivity (Wildman–Crippen MR) is 77.5 cm³/mol. The van der Waals surface area contributed by atoms with E-state index >= 15 is 0 Å². The molecule has 0 aliphatic carbocycles. The summed E-state index contributed by atoms with van der Waals surface area (Å²) in [5.74, 6) is 0.408. The van der Waals surface area contributed by atoms with Crippen molar-refractivity contribution >= 4 is 28.1 Å². The van der Waals surface area contributed by atoms with Crippen LogP contribution in [-0.2, 0) is 4.79 Å². The van der Waals surface area contributed by atoms with Gasteiger partial charge in [0.15, 0.2) is 6.29 Å². The fourth-order valence-corrected chi connectivity index (χ4v) is 1.81. The molecule has 4 nitrogen and oxygen atoms in total. The van der Waals surface area contributed by atoms with Gasteiger partial charge in [0.1, 0.15) is 5.75 Å². The third-order valence-electron chi connectivity index (χ3n) is 2.41. The van der Waals surface area contributed by atoms with Crippen molar-refractivity contribution in [3.05, 3.63) is 40.9 Å². The molecule has 0 aliphatic heterocycles. The molecule has 0 fully saturated rings. The van der Waals surface area contributed by atoms with E-state index in [1.807, 2.05) is 6.07 Å². The molecule has 0 aliphatic rings. The highest BCUT2D eigenvalue weighted by atomic mass is 79.9. The number of benzene rings is 1. The Hall–Kier alpha value is -1.62. The van der Waals surface area contributed by atoms with Gasteiger partial charge in [-0.25, -0.2) is 0 Å². The van der Waals surface area contributed by atoms with Crippen molar-refractivity contribution in [2.45, 2.75) is 12.8 Å². The normalized spacial score (nSPS) is 9.74. The maximum Gasteiger partial charge on any atom is 0.243 e. The minimum absolute atomic E-state index is 0.169. The van der Waals surface area contributed by atoms with Gasteiger partial charge in [0, 0.05) is 11.0 Å². The smallest absolute Gasteiger partial charge is 0.243 e. The number of carbonyl (C=O) groups is 2. The summed E-state index contributed by atoms with van der Waals surface area (Å²) in [7, 11) is 0. The fourth-order valence-electron chi connectivity index (χ4n) is 1.44. The maximum atomic E-state index is 10.9. The maximum absolute atomic E-state index is 10.9. The van der Waals surface area contributed by atoms with Crippen LogP contribution in [0, 0.1) is 0 Å². The first-order valence-corrected chi connectivity index (χ1v) is 6.74. The first kappa shape index (κ1) is 15.4. The van der Waals surface area contributed by atoms with Gasteiger partial charge in [0.25, 0.3) is 0 Å². The lowest BCUT2D eigenvalue weighted by atomic mass is 10.2. The van der Waals surface area contributed by atoms with Gasteiger partial charge in [0.2, 0.25) is 5.91 Å².